The molecule has 3 nitrogen and oxygen atoms in total. The molecule has 102 valence electrons. The Morgan fingerprint density at radius 2 is 2.00 bits per heavy atom. The predicted molar refractivity (Wildman–Crippen MR) is 75.7 cm³/mol. The van der Waals surface area contributed by atoms with E-state index in [1.807, 2.05) is 13.1 Å². The van der Waals surface area contributed by atoms with E-state index in [9.17, 15) is 4.39 Å². The van der Waals surface area contributed by atoms with Gasteiger partial charge in [0.25, 0.3) is 0 Å². The van der Waals surface area contributed by atoms with Crippen molar-refractivity contribution in [2.24, 2.45) is 0 Å². The Labute approximate surface area is 116 Å². The molecule has 0 aliphatic rings. The Morgan fingerprint density at radius 3 is 2.58 bits per heavy atom. The van der Waals surface area contributed by atoms with Crippen LogP contribution in [0.25, 0.3) is 0 Å². The highest BCUT2D eigenvalue weighted by Gasteiger charge is 2.14. The zero-order valence-corrected chi connectivity index (χ0v) is 12.2. The first-order valence-electron chi connectivity index (χ1n) is 6.42. The third kappa shape index (κ3) is 3.58. The molecule has 0 radical (unpaired) electrons. The van der Waals surface area contributed by atoms with Crippen molar-refractivity contribution in [3.8, 4) is 0 Å². The molecule has 0 aliphatic heterocycles. The fourth-order valence-electron chi connectivity index (χ4n) is 1.86. The average Bonchev–Trinajstić information content (AvgIpc) is 2.88. The summed E-state index contributed by atoms with van der Waals surface area (Å²) in [4.78, 5) is 9.80. The minimum Gasteiger partial charge on any atom is -0.300 e. The highest BCUT2D eigenvalue weighted by atomic mass is 32.1. The van der Waals surface area contributed by atoms with Gasteiger partial charge in [0.15, 0.2) is 0 Å². The number of aryl methyl sites for hydroxylation is 1. The molecule has 2 aromatic heterocycles. The maximum absolute atomic E-state index is 12.8. The maximum atomic E-state index is 12.8. The van der Waals surface area contributed by atoms with Crippen molar-refractivity contribution < 1.29 is 4.39 Å². The highest BCUT2D eigenvalue weighted by molar-refractivity contribution is 7.11. The van der Waals surface area contributed by atoms with Gasteiger partial charge in [-0.1, -0.05) is 6.92 Å². The highest BCUT2D eigenvalue weighted by Crippen LogP contribution is 2.23. The number of nitrogens with one attached hydrogen (secondary N) is 1. The molecule has 2 heterocycles. The quantitative estimate of drug-likeness (QED) is 0.907. The van der Waals surface area contributed by atoms with Gasteiger partial charge in [-0.05, 0) is 32.4 Å². The van der Waals surface area contributed by atoms with Gasteiger partial charge in [-0.2, -0.15) is 0 Å². The van der Waals surface area contributed by atoms with Gasteiger partial charge >= 0.3 is 0 Å². The molecule has 5 heteroatoms. The zero-order valence-electron chi connectivity index (χ0n) is 11.4. The Hall–Kier alpha value is -1.33. The van der Waals surface area contributed by atoms with Gasteiger partial charge < -0.3 is 5.32 Å². The summed E-state index contributed by atoms with van der Waals surface area (Å²) < 4.78 is 12.8. The second-order valence-corrected chi connectivity index (χ2v) is 5.68. The lowest BCUT2D eigenvalue weighted by molar-refractivity contribution is 0.483. The third-order valence-corrected chi connectivity index (χ3v) is 4.31. The first-order valence-corrected chi connectivity index (χ1v) is 7.24. The van der Waals surface area contributed by atoms with Crippen molar-refractivity contribution in [3.63, 3.8) is 0 Å². The van der Waals surface area contributed by atoms with Gasteiger partial charge in [-0.15, -0.1) is 11.3 Å². The van der Waals surface area contributed by atoms with Crippen LogP contribution in [0.2, 0.25) is 0 Å². The van der Waals surface area contributed by atoms with Crippen LogP contribution in [0.15, 0.2) is 24.5 Å². The SMILES string of the molecule is CCc1cnc(C(C)NC(C)c2ccc(F)cn2)s1. The van der Waals surface area contributed by atoms with E-state index in [4.69, 9.17) is 0 Å². The van der Waals surface area contributed by atoms with Crippen LogP contribution in [0, 0.1) is 5.82 Å². The number of hydrogen-bond acceptors (Lipinski definition) is 4. The van der Waals surface area contributed by atoms with Crippen LogP contribution in [0.3, 0.4) is 0 Å². The molecule has 0 saturated carbocycles. The molecule has 0 saturated heterocycles. The molecule has 19 heavy (non-hydrogen) atoms. The van der Waals surface area contributed by atoms with E-state index in [2.05, 4.69) is 29.1 Å². The van der Waals surface area contributed by atoms with Crippen LogP contribution < -0.4 is 5.32 Å². The summed E-state index contributed by atoms with van der Waals surface area (Å²) in [5, 5.41) is 4.51. The molecule has 0 aromatic carbocycles. The predicted octanol–water partition coefficient (Wildman–Crippen LogP) is 3.65. The number of aromatic nitrogens is 2. The fourth-order valence-corrected chi connectivity index (χ4v) is 2.73. The summed E-state index contributed by atoms with van der Waals surface area (Å²) in [6.07, 6.45) is 4.19. The van der Waals surface area contributed by atoms with E-state index in [1.54, 1.807) is 17.4 Å². The molecule has 0 aliphatic carbocycles. The van der Waals surface area contributed by atoms with Gasteiger partial charge in [0, 0.05) is 17.1 Å². The lowest BCUT2D eigenvalue weighted by atomic mass is 10.2. The van der Waals surface area contributed by atoms with Gasteiger partial charge in [0.1, 0.15) is 10.8 Å². The van der Waals surface area contributed by atoms with Crippen molar-refractivity contribution in [3.05, 3.63) is 45.9 Å². The molecular weight excluding hydrogens is 261 g/mol. The smallest absolute Gasteiger partial charge is 0.141 e. The Morgan fingerprint density at radius 1 is 1.21 bits per heavy atom. The average molecular weight is 279 g/mol. The molecule has 0 spiro atoms. The van der Waals surface area contributed by atoms with Crippen molar-refractivity contribution >= 4 is 11.3 Å². The lowest BCUT2D eigenvalue weighted by Crippen LogP contribution is -2.23. The van der Waals surface area contributed by atoms with Crippen LogP contribution in [0.1, 0.15) is 48.4 Å². The number of pyridine rings is 1. The van der Waals surface area contributed by atoms with E-state index in [0.29, 0.717) is 0 Å². The van der Waals surface area contributed by atoms with E-state index < -0.39 is 0 Å². The number of rotatable bonds is 5. The Balaban J connectivity index is 2.01. The van der Waals surface area contributed by atoms with Crippen LogP contribution in [-0.2, 0) is 6.42 Å². The summed E-state index contributed by atoms with van der Waals surface area (Å²) in [5.41, 5.74) is 0.834. The zero-order chi connectivity index (χ0) is 13.8. The van der Waals surface area contributed by atoms with Crippen LogP contribution in [-0.4, -0.2) is 9.97 Å². The minimum absolute atomic E-state index is 0.0598. The monoisotopic (exact) mass is 279 g/mol. The second kappa shape index (κ2) is 6.21. The summed E-state index contributed by atoms with van der Waals surface area (Å²) in [5.74, 6) is -0.309. The van der Waals surface area contributed by atoms with Crippen LogP contribution in [0.4, 0.5) is 4.39 Å². The second-order valence-electron chi connectivity index (χ2n) is 4.53. The maximum Gasteiger partial charge on any atom is 0.141 e. The summed E-state index contributed by atoms with van der Waals surface area (Å²) in [6, 6.07) is 3.36. The van der Waals surface area contributed by atoms with E-state index in [-0.39, 0.29) is 17.9 Å². The molecule has 2 rings (SSSR count). The molecule has 0 amide bonds. The van der Waals surface area contributed by atoms with Crippen LogP contribution in [0.5, 0.6) is 0 Å². The molecule has 2 aromatic rings. The van der Waals surface area contributed by atoms with Crippen molar-refractivity contribution in [2.75, 3.05) is 0 Å². The topological polar surface area (TPSA) is 37.8 Å². The first-order chi connectivity index (χ1) is 9.10. The summed E-state index contributed by atoms with van der Waals surface area (Å²) in [7, 11) is 0. The Kier molecular flexibility index (Phi) is 4.61. The number of hydrogen-bond donors (Lipinski definition) is 1. The first kappa shape index (κ1) is 14.1. The van der Waals surface area contributed by atoms with Gasteiger partial charge in [-0.25, -0.2) is 9.37 Å². The molecule has 2 unspecified atom stereocenters. The number of halogens is 1. The summed E-state index contributed by atoms with van der Waals surface area (Å²) >= 11 is 1.73. The van der Waals surface area contributed by atoms with E-state index >= 15 is 0 Å². The standard InChI is InChI=1S/C14H18FN3S/c1-4-12-8-17-14(19-12)10(3)18-9(2)13-6-5-11(15)7-16-13/h5-10,18H,4H2,1-3H3. The number of thiazole rings is 1. The van der Waals surface area contributed by atoms with Crippen molar-refractivity contribution in [1.82, 2.24) is 15.3 Å². The minimum atomic E-state index is -0.309. The molecule has 2 atom stereocenters. The molecular formula is C14H18FN3S. The normalized spacial score (nSPS) is 14.3. The number of nitrogens with zero attached hydrogens (tertiary/aromatic N) is 2. The third-order valence-electron chi connectivity index (χ3n) is 2.98. The molecule has 0 fully saturated rings. The Bertz CT molecular complexity index is 524. The lowest BCUT2D eigenvalue weighted by Gasteiger charge is -2.17. The summed E-state index contributed by atoms with van der Waals surface area (Å²) in [6.45, 7) is 6.23. The molecule has 0 bridgehead atoms. The molecule has 1 N–H and O–H groups in total. The van der Waals surface area contributed by atoms with E-state index in [0.717, 1.165) is 17.1 Å². The fraction of sp³-hybridized carbons (Fsp3) is 0.429. The van der Waals surface area contributed by atoms with Crippen molar-refractivity contribution in [1.29, 1.82) is 0 Å². The van der Waals surface area contributed by atoms with Gasteiger partial charge in [-0.3, -0.25) is 4.98 Å². The largest absolute Gasteiger partial charge is 0.300 e. The van der Waals surface area contributed by atoms with Gasteiger partial charge in [0.05, 0.1) is 17.9 Å². The van der Waals surface area contributed by atoms with Crippen LogP contribution >= 0.6 is 11.3 Å². The van der Waals surface area contributed by atoms with Gasteiger partial charge in [0.2, 0.25) is 0 Å². The van der Waals surface area contributed by atoms with Crippen molar-refractivity contribution in [2.45, 2.75) is 39.3 Å². The van der Waals surface area contributed by atoms with E-state index in [1.165, 1.54) is 17.1 Å².